The van der Waals surface area contributed by atoms with Gasteiger partial charge in [-0.3, -0.25) is 0 Å². The van der Waals surface area contributed by atoms with Crippen LogP contribution in [0.5, 0.6) is 0 Å². The zero-order chi connectivity index (χ0) is 23.1. The second-order valence-corrected chi connectivity index (χ2v) is 9.83. The largest absolute Gasteiger partial charge is 0.456 e. The van der Waals surface area contributed by atoms with Gasteiger partial charge in [-0.25, -0.2) is 0 Å². The quantitative estimate of drug-likeness (QED) is 0.204. The molecule has 8 rings (SSSR count). The number of fused-ring (bicyclic) bond motifs is 8. The van der Waals surface area contributed by atoms with Crippen LogP contribution in [-0.4, -0.2) is 0 Å². The highest BCUT2D eigenvalue weighted by atomic mass is 79.9. The molecule has 0 amide bonds. The van der Waals surface area contributed by atoms with E-state index in [1.807, 2.05) is 18.2 Å². The Labute approximate surface area is 208 Å². The molecule has 3 heteroatoms. The highest BCUT2D eigenvalue weighted by Gasteiger charge is 2.17. The molecule has 0 unspecified atom stereocenters. The van der Waals surface area contributed by atoms with Crippen molar-refractivity contribution in [2.24, 2.45) is 0 Å². The van der Waals surface area contributed by atoms with Crippen LogP contribution >= 0.6 is 15.9 Å². The van der Waals surface area contributed by atoms with Gasteiger partial charge in [-0.05, 0) is 72.9 Å². The van der Waals surface area contributed by atoms with Crippen molar-refractivity contribution in [1.29, 1.82) is 0 Å². The molecule has 2 aromatic heterocycles. The molecule has 6 aromatic carbocycles. The SMILES string of the molecule is Brc1c2ccccc2c(-c2ccc3oc4cc5oc6ccccc6c5cc4c3c2)c2ccccc12. The molecule has 0 aliphatic rings. The van der Waals surface area contributed by atoms with Gasteiger partial charge in [-0.15, -0.1) is 0 Å². The summed E-state index contributed by atoms with van der Waals surface area (Å²) >= 11 is 3.87. The van der Waals surface area contributed by atoms with Gasteiger partial charge < -0.3 is 8.83 Å². The first kappa shape index (κ1) is 19.2. The highest BCUT2D eigenvalue weighted by Crippen LogP contribution is 2.43. The Morgan fingerprint density at radius 3 is 1.60 bits per heavy atom. The predicted octanol–water partition coefficient (Wildman–Crippen LogP) is 10.2. The summed E-state index contributed by atoms with van der Waals surface area (Å²) in [6.07, 6.45) is 0. The maximum absolute atomic E-state index is 6.27. The summed E-state index contributed by atoms with van der Waals surface area (Å²) in [4.78, 5) is 0. The van der Waals surface area contributed by atoms with Crippen LogP contribution in [0.25, 0.3) is 76.5 Å². The normalized spacial score (nSPS) is 12.1. The van der Waals surface area contributed by atoms with E-state index in [-0.39, 0.29) is 0 Å². The molecule has 2 heterocycles. The van der Waals surface area contributed by atoms with Crippen LogP contribution in [0.15, 0.2) is 116 Å². The summed E-state index contributed by atoms with van der Waals surface area (Å²) in [7, 11) is 0. The van der Waals surface area contributed by atoms with Gasteiger partial charge in [0, 0.05) is 32.1 Å². The molecule has 8 aromatic rings. The van der Waals surface area contributed by atoms with Gasteiger partial charge in [0.15, 0.2) is 0 Å². The van der Waals surface area contributed by atoms with Crippen molar-refractivity contribution in [3.63, 3.8) is 0 Å². The molecular weight excluding hydrogens is 496 g/mol. The third-order valence-corrected chi connectivity index (χ3v) is 7.98. The van der Waals surface area contributed by atoms with E-state index < -0.39 is 0 Å². The standard InChI is InChI=1S/C32H17BrO2/c33-32-22-10-3-1-8-20(22)31(21-9-2-4-11-23(21)32)18-13-14-28-24(15-18)26-16-25-19-7-5-6-12-27(19)34-29(25)17-30(26)35-28/h1-17H. The molecule has 0 saturated heterocycles. The summed E-state index contributed by atoms with van der Waals surface area (Å²) in [5.41, 5.74) is 5.89. The molecule has 0 radical (unpaired) electrons. The van der Waals surface area contributed by atoms with E-state index in [9.17, 15) is 0 Å². The third kappa shape index (κ3) is 2.64. The number of halogens is 1. The van der Waals surface area contributed by atoms with Crippen LogP contribution in [0.4, 0.5) is 0 Å². The Balaban J connectivity index is 1.48. The van der Waals surface area contributed by atoms with Crippen LogP contribution in [-0.2, 0) is 0 Å². The summed E-state index contributed by atoms with van der Waals surface area (Å²) < 4.78 is 13.5. The first-order chi connectivity index (χ1) is 17.3. The van der Waals surface area contributed by atoms with Crippen molar-refractivity contribution >= 4 is 81.4 Å². The highest BCUT2D eigenvalue weighted by molar-refractivity contribution is 9.10. The lowest BCUT2D eigenvalue weighted by molar-refractivity contribution is 0.656. The van der Waals surface area contributed by atoms with Gasteiger partial charge in [0.25, 0.3) is 0 Å². The van der Waals surface area contributed by atoms with Gasteiger partial charge in [0.2, 0.25) is 0 Å². The first-order valence-corrected chi connectivity index (χ1v) is 12.4. The van der Waals surface area contributed by atoms with Crippen LogP contribution in [0, 0.1) is 0 Å². The van der Waals surface area contributed by atoms with E-state index in [1.165, 1.54) is 32.7 Å². The zero-order valence-corrected chi connectivity index (χ0v) is 20.1. The van der Waals surface area contributed by atoms with Crippen molar-refractivity contribution in [2.75, 3.05) is 0 Å². The molecule has 0 N–H and O–H groups in total. The van der Waals surface area contributed by atoms with Gasteiger partial charge in [-0.1, -0.05) is 72.8 Å². The minimum absolute atomic E-state index is 0.842. The number of furan rings is 2. The smallest absolute Gasteiger partial charge is 0.139 e. The molecular formula is C32H17BrO2. The minimum atomic E-state index is 0.842. The predicted molar refractivity (Wildman–Crippen MR) is 149 cm³/mol. The van der Waals surface area contributed by atoms with E-state index in [2.05, 4.69) is 101 Å². The van der Waals surface area contributed by atoms with E-state index >= 15 is 0 Å². The molecule has 35 heavy (non-hydrogen) atoms. The van der Waals surface area contributed by atoms with E-state index in [0.29, 0.717) is 0 Å². The van der Waals surface area contributed by atoms with E-state index in [0.717, 1.165) is 48.3 Å². The average molecular weight is 513 g/mol. The molecule has 0 aliphatic carbocycles. The molecule has 0 fully saturated rings. The number of hydrogen-bond donors (Lipinski definition) is 0. The number of benzene rings is 6. The van der Waals surface area contributed by atoms with E-state index in [1.54, 1.807) is 0 Å². The summed E-state index contributed by atoms with van der Waals surface area (Å²) in [6, 6.07) is 36.2. The molecule has 0 spiro atoms. The molecule has 0 bridgehead atoms. The molecule has 2 nitrogen and oxygen atoms in total. The lowest BCUT2D eigenvalue weighted by Crippen LogP contribution is -1.87. The Hall–Kier alpha value is -4.08. The number of rotatable bonds is 1. The number of hydrogen-bond acceptors (Lipinski definition) is 2. The zero-order valence-electron chi connectivity index (χ0n) is 18.5. The second-order valence-electron chi connectivity index (χ2n) is 9.04. The maximum Gasteiger partial charge on any atom is 0.139 e. The molecule has 0 atom stereocenters. The molecule has 0 saturated carbocycles. The minimum Gasteiger partial charge on any atom is -0.456 e. The fraction of sp³-hybridized carbons (Fsp3) is 0. The van der Waals surface area contributed by atoms with Crippen LogP contribution in [0.2, 0.25) is 0 Å². The lowest BCUT2D eigenvalue weighted by atomic mass is 9.91. The summed E-state index contributed by atoms with van der Waals surface area (Å²) in [6.45, 7) is 0. The second kappa shape index (κ2) is 6.97. The fourth-order valence-electron chi connectivity index (χ4n) is 5.54. The fourth-order valence-corrected chi connectivity index (χ4v) is 6.23. The van der Waals surface area contributed by atoms with Crippen molar-refractivity contribution in [3.05, 3.63) is 108 Å². The summed E-state index contributed by atoms with van der Waals surface area (Å²) in [5.74, 6) is 0. The Kier molecular flexibility index (Phi) is 3.83. The van der Waals surface area contributed by atoms with E-state index in [4.69, 9.17) is 8.83 Å². The van der Waals surface area contributed by atoms with Crippen LogP contribution < -0.4 is 0 Å². The summed E-state index contributed by atoms with van der Waals surface area (Å²) in [5, 5.41) is 9.34. The molecule has 0 aliphatic heterocycles. The van der Waals surface area contributed by atoms with Crippen molar-refractivity contribution < 1.29 is 8.83 Å². The van der Waals surface area contributed by atoms with Gasteiger partial charge in [-0.2, -0.15) is 0 Å². The molecule has 164 valence electrons. The Morgan fingerprint density at radius 1 is 0.400 bits per heavy atom. The van der Waals surface area contributed by atoms with Crippen molar-refractivity contribution in [2.45, 2.75) is 0 Å². The Morgan fingerprint density at radius 2 is 0.914 bits per heavy atom. The first-order valence-electron chi connectivity index (χ1n) is 11.6. The van der Waals surface area contributed by atoms with Gasteiger partial charge >= 0.3 is 0 Å². The van der Waals surface area contributed by atoms with Crippen LogP contribution in [0.1, 0.15) is 0 Å². The average Bonchev–Trinajstić information content (AvgIpc) is 3.44. The monoisotopic (exact) mass is 512 g/mol. The van der Waals surface area contributed by atoms with Gasteiger partial charge in [0.1, 0.15) is 22.3 Å². The third-order valence-electron chi connectivity index (χ3n) is 7.12. The van der Waals surface area contributed by atoms with Crippen molar-refractivity contribution in [1.82, 2.24) is 0 Å². The Bertz CT molecular complexity index is 2070. The topological polar surface area (TPSA) is 26.3 Å². The van der Waals surface area contributed by atoms with Gasteiger partial charge in [0.05, 0.1) is 0 Å². The maximum atomic E-state index is 6.27. The van der Waals surface area contributed by atoms with Crippen molar-refractivity contribution in [3.8, 4) is 11.1 Å². The lowest BCUT2D eigenvalue weighted by Gasteiger charge is -2.14. The number of para-hydroxylation sites is 1. The van der Waals surface area contributed by atoms with Crippen LogP contribution in [0.3, 0.4) is 0 Å².